The zero-order valence-electron chi connectivity index (χ0n) is 17.5. The molecule has 0 amide bonds. The molecule has 0 fully saturated rings. The number of nitrogens with one attached hydrogen (secondary N) is 1. The quantitative estimate of drug-likeness (QED) is 0.480. The smallest absolute Gasteiger partial charge is 0.344 e. The number of rotatable bonds is 10. The van der Waals surface area contributed by atoms with E-state index in [-0.39, 0.29) is 18.1 Å². The summed E-state index contributed by atoms with van der Waals surface area (Å²) in [5, 5.41) is 0. The molecule has 0 aliphatic rings. The number of benzene rings is 1. The first-order chi connectivity index (χ1) is 13.8. The Kier molecular flexibility index (Phi) is 7.59. The number of aromatic amines is 1. The summed E-state index contributed by atoms with van der Waals surface area (Å²) in [5.41, 5.74) is 1.93. The van der Waals surface area contributed by atoms with E-state index in [0.29, 0.717) is 34.9 Å². The second-order valence-electron chi connectivity index (χ2n) is 6.76. The number of aromatic nitrogens is 1. The van der Waals surface area contributed by atoms with Crippen LogP contribution in [0.5, 0.6) is 11.5 Å². The largest absolute Gasteiger partial charge is 0.490 e. The topological polar surface area (TPSA) is 94.7 Å². The number of H-pyrrole nitrogens is 1. The Morgan fingerprint density at radius 1 is 1.07 bits per heavy atom. The van der Waals surface area contributed by atoms with Crippen molar-refractivity contribution in [2.45, 2.75) is 47.1 Å². The van der Waals surface area contributed by atoms with Crippen molar-refractivity contribution in [3.8, 4) is 11.5 Å². The van der Waals surface area contributed by atoms with Crippen molar-refractivity contribution in [2.24, 2.45) is 0 Å². The predicted molar refractivity (Wildman–Crippen MR) is 108 cm³/mol. The molecule has 1 aromatic carbocycles. The summed E-state index contributed by atoms with van der Waals surface area (Å²) in [6, 6.07) is 7.04. The van der Waals surface area contributed by atoms with Crippen LogP contribution in [0, 0.1) is 13.8 Å². The van der Waals surface area contributed by atoms with Crippen LogP contribution in [0.1, 0.15) is 59.3 Å². The van der Waals surface area contributed by atoms with Crippen LogP contribution >= 0.6 is 0 Å². The van der Waals surface area contributed by atoms with Crippen molar-refractivity contribution >= 4 is 17.5 Å². The highest BCUT2D eigenvalue weighted by Crippen LogP contribution is 2.26. The first kappa shape index (κ1) is 22.2. The molecule has 0 saturated carbocycles. The first-order valence-electron chi connectivity index (χ1n) is 9.54. The Morgan fingerprint density at radius 3 is 2.24 bits per heavy atom. The fourth-order valence-corrected chi connectivity index (χ4v) is 3.05. The minimum absolute atomic E-state index is 0.127. The van der Waals surface area contributed by atoms with Gasteiger partial charge < -0.3 is 19.2 Å². The maximum absolute atomic E-state index is 12.7. The summed E-state index contributed by atoms with van der Waals surface area (Å²) in [6.45, 7) is 8.52. The highest BCUT2D eigenvalue weighted by atomic mass is 16.6. The maximum atomic E-state index is 12.7. The molecule has 0 spiro atoms. The van der Waals surface area contributed by atoms with E-state index in [1.807, 2.05) is 13.0 Å². The van der Waals surface area contributed by atoms with Crippen molar-refractivity contribution < 1.29 is 28.6 Å². The molecule has 0 aliphatic heterocycles. The molecule has 0 saturated heterocycles. The monoisotopic (exact) mass is 401 g/mol. The van der Waals surface area contributed by atoms with Gasteiger partial charge in [-0.1, -0.05) is 19.1 Å². The molecule has 29 heavy (non-hydrogen) atoms. The Labute approximate surface area is 170 Å². The molecule has 7 heteroatoms. The number of esters is 1. The zero-order valence-corrected chi connectivity index (χ0v) is 17.5. The van der Waals surface area contributed by atoms with Gasteiger partial charge in [0, 0.05) is 11.3 Å². The van der Waals surface area contributed by atoms with Gasteiger partial charge in [-0.15, -0.1) is 0 Å². The van der Waals surface area contributed by atoms with E-state index >= 15 is 0 Å². The summed E-state index contributed by atoms with van der Waals surface area (Å²) in [5.74, 6) is -0.237. The van der Waals surface area contributed by atoms with Gasteiger partial charge in [0.1, 0.15) is 0 Å². The fraction of sp³-hybridized carbons (Fsp3) is 0.409. The molecule has 0 aliphatic carbocycles. The highest BCUT2D eigenvalue weighted by molar-refractivity contribution is 6.05. The predicted octanol–water partition coefficient (Wildman–Crippen LogP) is 3.82. The number of hydrogen-bond donors (Lipinski definition) is 1. The van der Waals surface area contributed by atoms with Crippen LogP contribution in [0.3, 0.4) is 0 Å². The average molecular weight is 401 g/mol. The number of ether oxygens (including phenoxy) is 3. The minimum Gasteiger partial charge on any atom is -0.490 e. The second kappa shape index (κ2) is 9.91. The number of para-hydroxylation sites is 2. The molecule has 1 aromatic heterocycles. The summed E-state index contributed by atoms with van der Waals surface area (Å²) >= 11 is 0. The summed E-state index contributed by atoms with van der Waals surface area (Å²) < 4.78 is 16.3. The van der Waals surface area contributed by atoms with Gasteiger partial charge in [0.05, 0.1) is 12.3 Å². The van der Waals surface area contributed by atoms with Gasteiger partial charge in [0.25, 0.3) is 0 Å². The van der Waals surface area contributed by atoms with Crippen molar-refractivity contribution in [2.75, 3.05) is 13.2 Å². The van der Waals surface area contributed by atoms with Gasteiger partial charge in [-0.25, -0.2) is 4.79 Å². The third kappa shape index (κ3) is 5.47. The van der Waals surface area contributed by atoms with Gasteiger partial charge in [-0.3, -0.25) is 9.59 Å². The molecule has 156 valence electrons. The van der Waals surface area contributed by atoms with Crippen LogP contribution in [0.25, 0.3) is 0 Å². The second-order valence-corrected chi connectivity index (χ2v) is 6.76. The normalized spacial score (nSPS) is 11.6. The Morgan fingerprint density at radius 2 is 1.69 bits per heavy atom. The van der Waals surface area contributed by atoms with E-state index in [1.54, 1.807) is 32.0 Å². The molecule has 2 rings (SSSR count). The number of ketones is 2. The van der Waals surface area contributed by atoms with E-state index in [2.05, 4.69) is 4.98 Å². The van der Waals surface area contributed by atoms with Crippen LogP contribution < -0.4 is 9.47 Å². The maximum Gasteiger partial charge on any atom is 0.344 e. The van der Waals surface area contributed by atoms with Gasteiger partial charge in [-0.2, -0.15) is 0 Å². The van der Waals surface area contributed by atoms with Gasteiger partial charge in [0.15, 0.2) is 30.0 Å². The van der Waals surface area contributed by atoms with E-state index in [4.69, 9.17) is 14.2 Å². The molecule has 2 aromatic rings. The van der Waals surface area contributed by atoms with Crippen molar-refractivity contribution in [3.63, 3.8) is 0 Å². The Bertz CT molecular complexity index is 899. The number of aryl methyl sites for hydroxylation is 1. The lowest BCUT2D eigenvalue weighted by Gasteiger charge is -2.14. The molecule has 0 bridgehead atoms. The third-order valence-corrected chi connectivity index (χ3v) is 4.37. The van der Waals surface area contributed by atoms with E-state index in [0.717, 1.165) is 6.42 Å². The highest BCUT2D eigenvalue weighted by Gasteiger charge is 2.26. The lowest BCUT2D eigenvalue weighted by atomic mass is 10.0. The SMILES string of the molecule is CCCOc1ccccc1OCC(=O)O[C@H](C)C(=O)c1[nH]c(C)c(C(C)=O)c1C. The number of Topliss-reactive ketones (excluding diaryl/α,β-unsaturated/α-hetero) is 2. The number of carbonyl (C=O) groups is 3. The summed E-state index contributed by atoms with van der Waals surface area (Å²) in [4.78, 5) is 39.5. The third-order valence-electron chi connectivity index (χ3n) is 4.37. The minimum atomic E-state index is -1.02. The molecule has 0 radical (unpaired) electrons. The Hall–Kier alpha value is -3.09. The molecule has 1 atom stereocenters. The molecule has 7 nitrogen and oxygen atoms in total. The average Bonchev–Trinajstić information content (AvgIpc) is 2.98. The standard InChI is InChI=1S/C22H27NO6/c1-6-11-27-17-9-7-8-10-18(17)28-12-19(25)29-16(5)22(26)21-13(2)20(15(4)24)14(3)23-21/h7-10,16,23H,6,11-12H2,1-5H3/t16-/m1/s1. The van der Waals surface area contributed by atoms with Crippen molar-refractivity contribution in [1.82, 2.24) is 4.98 Å². The van der Waals surface area contributed by atoms with Crippen LogP contribution in [0.4, 0.5) is 0 Å². The molecule has 1 heterocycles. The molecule has 1 N–H and O–H groups in total. The lowest BCUT2D eigenvalue weighted by molar-refractivity contribution is -0.148. The zero-order chi connectivity index (χ0) is 21.6. The number of carbonyl (C=O) groups excluding carboxylic acids is 3. The van der Waals surface area contributed by atoms with Crippen LogP contribution in [-0.4, -0.2) is 41.8 Å². The van der Waals surface area contributed by atoms with Crippen LogP contribution in [0.2, 0.25) is 0 Å². The summed E-state index contributed by atoms with van der Waals surface area (Å²) in [6.07, 6.45) is -0.173. The van der Waals surface area contributed by atoms with Gasteiger partial charge >= 0.3 is 5.97 Å². The van der Waals surface area contributed by atoms with Crippen LogP contribution in [-0.2, 0) is 9.53 Å². The van der Waals surface area contributed by atoms with Gasteiger partial charge in [0.2, 0.25) is 5.78 Å². The van der Waals surface area contributed by atoms with E-state index < -0.39 is 17.9 Å². The molecular weight excluding hydrogens is 374 g/mol. The first-order valence-corrected chi connectivity index (χ1v) is 9.54. The van der Waals surface area contributed by atoms with Crippen molar-refractivity contribution in [3.05, 3.63) is 46.8 Å². The fourth-order valence-electron chi connectivity index (χ4n) is 3.05. The Balaban J connectivity index is 1.99. The summed E-state index contributed by atoms with van der Waals surface area (Å²) in [7, 11) is 0. The lowest BCUT2D eigenvalue weighted by Crippen LogP contribution is -2.28. The van der Waals surface area contributed by atoms with Gasteiger partial charge in [-0.05, 0) is 51.8 Å². The molecular formula is C22H27NO6. The molecule has 0 unspecified atom stereocenters. The van der Waals surface area contributed by atoms with E-state index in [9.17, 15) is 14.4 Å². The van der Waals surface area contributed by atoms with Crippen molar-refractivity contribution in [1.29, 1.82) is 0 Å². The van der Waals surface area contributed by atoms with E-state index in [1.165, 1.54) is 13.8 Å². The number of hydrogen-bond acceptors (Lipinski definition) is 6. The van der Waals surface area contributed by atoms with Crippen LogP contribution in [0.15, 0.2) is 24.3 Å².